The molecule has 2 aromatic heterocycles. The van der Waals surface area contributed by atoms with E-state index < -0.39 is 11.7 Å². The Labute approximate surface area is 117 Å². The standard InChI is InChI=1S/C14H7F3N4/c15-14(16,17)11-3-1-2-10(7-11)13-20-19-12-6-9(8-18)4-5-21(12)13/h1-7H. The first-order valence-corrected chi connectivity index (χ1v) is 5.91. The number of aromatic nitrogens is 3. The van der Waals surface area contributed by atoms with Crippen molar-refractivity contribution in [2.45, 2.75) is 6.18 Å². The molecule has 0 aliphatic heterocycles. The minimum atomic E-state index is -4.41. The molecule has 0 amide bonds. The van der Waals surface area contributed by atoms with E-state index in [0.29, 0.717) is 22.6 Å². The number of hydrogen-bond acceptors (Lipinski definition) is 3. The predicted octanol–water partition coefficient (Wildman–Crippen LogP) is 3.29. The van der Waals surface area contributed by atoms with E-state index in [-0.39, 0.29) is 0 Å². The second-order valence-electron chi connectivity index (χ2n) is 4.36. The fraction of sp³-hybridized carbons (Fsp3) is 0.0714. The number of hydrogen-bond donors (Lipinski definition) is 0. The zero-order valence-electron chi connectivity index (χ0n) is 10.5. The summed E-state index contributed by atoms with van der Waals surface area (Å²) in [6.45, 7) is 0. The van der Waals surface area contributed by atoms with Gasteiger partial charge < -0.3 is 0 Å². The van der Waals surface area contributed by atoms with Crippen LogP contribution in [-0.2, 0) is 6.18 Å². The van der Waals surface area contributed by atoms with Crippen molar-refractivity contribution in [1.82, 2.24) is 14.6 Å². The van der Waals surface area contributed by atoms with Crippen LogP contribution >= 0.6 is 0 Å². The smallest absolute Gasteiger partial charge is 0.282 e. The number of nitrogens with zero attached hydrogens (tertiary/aromatic N) is 4. The number of rotatable bonds is 1. The van der Waals surface area contributed by atoms with Crippen LogP contribution in [0.1, 0.15) is 11.1 Å². The quantitative estimate of drug-likeness (QED) is 0.690. The van der Waals surface area contributed by atoms with Crippen molar-refractivity contribution >= 4 is 5.65 Å². The molecule has 1 aromatic carbocycles. The van der Waals surface area contributed by atoms with Crippen LogP contribution < -0.4 is 0 Å². The predicted molar refractivity (Wildman–Crippen MR) is 68.1 cm³/mol. The summed E-state index contributed by atoms with van der Waals surface area (Å²) in [4.78, 5) is 0. The maximum atomic E-state index is 12.7. The van der Waals surface area contributed by atoms with Crippen molar-refractivity contribution in [1.29, 1.82) is 5.26 Å². The summed E-state index contributed by atoms with van der Waals surface area (Å²) < 4.78 is 39.8. The number of pyridine rings is 1. The summed E-state index contributed by atoms with van der Waals surface area (Å²) in [6, 6.07) is 9.91. The van der Waals surface area contributed by atoms with Crippen molar-refractivity contribution in [3.63, 3.8) is 0 Å². The lowest BCUT2D eigenvalue weighted by atomic mass is 10.1. The van der Waals surface area contributed by atoms with Crippen LogP contribution in [0.5, 0.6) is 0 Å². The van der Waals surface area contributed by atoms with Gasteiger partial charge in [-0.2, -0.15) is 18.4 Å². The Bertz CT molecular complexity index is 859. The molecule has 0 aliphatic carbocycles. The van der Waals surface area contributed by atoms with Crippen LogP contribution in [-0.4, -0.2) is 14.6 Å². The second-order valence-corrected chi connectivity index (χ2v) is 4.36. The molecule has 0 fully saturated rings. The molecule has 3 aromatic rings. The van der Waals surface area contributed by atoms with Gasteiger partial charge in [0.2, 0.25) is 0 Å². The Morgan fingerprint density at radius 2 is 1.90 bits per heavy atom. The molecule has 0 unspecified atom stereocenters. The Kier molecular flexibility index (Phi) is 2.87. The lowest BCUT2D eigenvalue weighted by Gasteiger charge is -2.07. The van der Waals surface area contributed by atoms with Gasteiger partial charge in [0.05, 0.1) is 17.2 Å². The van der Waals surface area contributed by atoms with Gasteiger partial charge in [-0.25, -0.2) is 0 Å². The molecule has 0 saturated carbocycles. The zero-order chi connectivity index (χ0) is 15.0. The molecule has 0 atom stereocenters. The average molecular weight is 288 g/mol. The van der Waals surface area contributed by atoms with Gasteiger partial charge in [0.25, 0.3) is 0 Å². The van der Waals surface area contributed by atoms with Gasteiger partial charge in [-0.05, 0) is 18.2 Å². The van der Waals surface area contributed by atoms with E-state index >= 15 is 0 Å². The highest BCUT2D eigenvalue weighted by Gasteiger charge is 2.30. The van der Waals surface area contributed by atoms with E-state index in [4.69, 9.17) is 5.26 Å². The van der Waals surface area contributed by atoms with E-state index in [1.807, 2.05) is 6.07 Å². The van der Waals surface area contributed by atoms with Gasteiger partial charge in [-0.15, -0.1) is 10.2 Å². The van der Waals surface area contributed by atoms with E-state index in [1.54, 1.807) is 12.3 Å². The van der Waals surface area contributed by atoms with Crippen LogP contribution in [0.3, 0.4) is 0 Å². The monoisotopic (exact) mass is 288 g/mol. The number of nitriles is 1. The molecule has 0 aliphatic rings. The minimum absolute atomic E-state index is 0.292. The molecule has 0 N–H and O–H groups in total. The fourth-order valence-corrected chi connectivity index (χ4v) is 1.99. The van der Waals surface area contributed by atoms with E-state index in [9.17, 15) is 13.2 Å². The maximum Gasteiger partial charge on any atom is 0.416 e. The minimum Gasteiger partial charge on any atom is -0.282 e. The summed E-state index contributed by atoms with van der Waals surface area (Å²) in [6.07, 6.45) is -2.85. The average Bonchev–Trinajstić information content (AvgIpc) is 2.89. The molecule has 2 heterocycles. The normalized spacial score (nSPS) is 11.5. The molecule has 0 radical (unpaired) electrons. The highest BCUT2D eigenvalue weighted by Crippen LogP contribution is 2.31. The highest BCUT2D eigenvalue weighted by atomic mass is 19.4. The topological polar surface area (TPSA) is 54.0 Å². The molecular weight excluding hydrogens is 281 g/mol. The van der Waals surface area contributed by atoms with Gasteiger partial charge in [-0.3, -0.25) is 4.40 Å². The molecule has 0 saturated heterocycles. The van der Waals surface area contributed by atoms with E-state index in [0.717, 1.165) is 12.1 Å². The van der Waals surface area contributed by atoms with Gasteiger partial charge in [0, 0.05) is 17.8 Å². The lowest BCUT2D eigenvalue weighted by molar-refractivity contribution is -0.137. The Hall–Kier alpha value is -2.88. The van der Waals surface area contributed by atoms with Crippen molar-refractivity contribution in [2.75, 3.05) is 0 Å². The van der Waals surface area contributed by atoms with Crippen LogP contribution in [0.15, 0.2) is 42.6 Å². The molecule has 0 bridgehead atoms. The Balaban J connectivity index is 2.15. The fourth-order valence-electron chi connectivity index (χ4n) is 1.99. The van der Waals surface area contributed by atoms with Crippen molar-refractivity contribution < 1.29 is 13.2 Å². The highest BCUT2D eigenvalue weighted by molar-refractivity contribution is 5.61. The summed E-state index contributed by atoms with van der Waals surface area (Å²) in [7, 11) is 0. The van der Waals surface area contributed by atoms with Crippen LogP contribution in [0.4, 0.5) is 13.2 Å². The Morgan fingerprint density at radius 1 is 1.10 bits per heavy atom. The van der Waals surface area contributed by atoms with Crippen molar-refractivity contribution in [2.24, 2.45) is 0 Å². The Morgan fingerprint density at radius 3 is 2.62 bits per heavy atom. The summed E-state index contributed by atoms with van der Waals surface area (Å²) >= 11 is 0. The SMILES string of the molecule is N#Cc1ccn2c(-c3cccc(C(F)(F)F)c3)nnc2c1. The molecule has 0 spiro atoms. The van der Waals surface area contributed by atoms with Gasteiger partial charge in [0.15, 0.2) is 11.5 Å². The second kappa shape index (κ2) is 4.59. The molecule has 104 valence electrons. The zero-order valence-corrected chi connectivity index (χ0v) is 10.5. The molecular formula is C14H7F3N4. The summed E-state index contributed by atoms with van der Waals surface area (Å²) in [5.41, 5.74) is 0.374. The number of alkyl halides is 3. The van der Waals surface area contributed by atoms with Gasteiger partial charge in [-0.1, -0.05) is 12.1 Å². The third-order valence-corrected chi connectivity index (χ3v) is 2.99. The van der Waals surface area contributed by atoms with Gasteiger partial charge in [0.1, 0.15) is 0 Å². The molecule has 4 nitrogen and oxygen atoms in total. The van der Waals surface area contributed by atoms with Crippen molar-refractivity contribution in [3.8, 4) is 17.5 Å². The summed E-state index contributed by atoms with van der Waals surface area (Å²) in [5, 5.41) is 16.6. The molecule has 7 heteroatoms. The van der Waals surface area contributed by atoms with Crippen LogP contribution in [0.25, 0.3) is 17.0 Å². The van der Waals surface area contributed by atoms with Crippen LogP contribution in [0, 0.1) is 11.3 Å². The first kappa shape index (κ1) is 13.1. The molecule has 3 rings (SSSR count). The first-order valence-electron chi connectivity index (χ1n) is 5.91. The van der Waals surface area contributed by atoms with Crippen LogP contribution in [0.2, 0.25) is 0 Å². The maximum absolute atomic E-state index is 12.7. The third kappa shape index (κ3) is 2.31. The number of benzene rings is 1. The number of halogens is 3. The van der Waals surface area contributed by atoms with Gasteiger partial charge >= 0.3 is 6.18 Å². The van der Waals surface area contributed by atoms with E-state index in [2.05, 4.69) is 10.2 Å². The lowest BCUT2D eigenvalue weighted by Crippen LogP contribution is -2.04. The number of fused-ring (bicyclic) bond motifs is 1. The largest absolute Gasteiger partial charge is 0.416 e. The molecule has 21 heavy (non-hydrogen) atoms. The van der Waals surface area contributed by atoms with E-state index in [1.165, 1.54) is 22.6 Å². The third-order valence-electron chi connectivity index (χ3n) is 2.99. The van der Waals surface area contributed by atoms with Crippen molar-refractivity contribution in [3.05, 3.63) is 53.7 Å². The summed E-state index contributed by atoms with van der Waals surface area (Å²) in [5.74, 6) is 0.292. The first-order chi connectivity index (χ1) is 9.99.